The fourth-order valence-electron chi connectivity index (χ4n) is 8.33. The molecule has 6 rings (SSSR count). The minimum absolute atomic E-state index is 0.00242. The second-order valence-electron chi connectivity index (χ2n) is 17.4. The van der Waals surface area contributed by atoms with Crippen molar-refractivity contribution in [1.29, 1.82) is 0 Å². The third kappa shape index (κ3) is 8.72. The van der Waals surface area contributed by atoms with Gasteiger partial charge in [0, 0.05) is 24.3 Å². The van der Waals surface area contributed by atoms with Gasteiger partial charge in [0.25, 0.3) is 0 Å². The van der Waals surface area contributed by atoms with Crippen molar-refractivity contribution in [3.8, 4) is 11.8 Å². The number of hydrogen-bond acceptors (Lipinski definition) is 10. The van der Waals surface area contributed by atoms with Gasteiger partial charge < -0.3 is 19.1 Å². The summed E-state index contributed by atoms with van der Waals surface area (Å²) in [7, 11) is -2.95. The number of Topliss-reactive ketones (excluding diaryl/α,β-unsaturated/α-hetero) is 1. The fraction of sp³-hybridized carbons (Fsp3) is 0.634. The average molecular weight is 802 g/mol. The van der Waals surface area contributed by atoms with Crippen LogP contribution in [0.15, 0.2) is 36.4 Å². The zero-order valence-electron chi connectivity index (χ0n) is 32.9. The Balaban J connectivity index is 1.36. The highest BCUT2D eigenvalue weighted by atomic mass is 32.2. The van der Waals surface area contributed by atoms with E-state index in [9.17, 15) is 36.4 Å². The molecule has 306 valence electrons. The van der Waals surface area contributed by atoms with Gasteiger partial charge in [-0.2, -0.15) is 4.98 Å². The molecule has 0 radical (unpaired) electrons. The average Bonchev–Trinajstić information content (AvgIpc) is 4.02. The van der Waals surface area contributed by atoms with E-state index in [-0.39, 0.29) is 68.7 Å². The first kappa shape index (κ1) is 41.5. The Labute approximate surface area is 327 Å². The minimum Gasteiger partial charge on any atom is -0.481 e. The topological polar surface area (TPSA) is 158 Å². The maximum Gasteiger partial charge on any atom is 0.307 e. The Morgan fingerprint density at radius 2 is 1.84 bits per heavy atom. The highest BCUT2D eigenvalue weighted by Crippen LogP contribution is 2.58. The number of ketones is 1. The van der Waals surface area contributed by atoms with E-state index in [0.29, 0.717) is 23.6 Å². The number of aromatic nitrogens is 1. The predicted octanol–water partition coefficient (Wildman–Crippen LogP) is 6.00. The quantitative estimate of drug-likeness (QED) is 0.236. The van der Waals surface area contributed by atoms with Crippen LogP contribution in [0.1, 0.15) is 92.4 Å². The molecule has 12 nitrogen and oxygen atoms in total. The van der Waals surface area contributed by atoms with Crippen LogP contribution >= 0.6 is 0 Å². The predicted molar refractivity (Wildman–Crippen MR) is 203 cm³/mol. The number of methoxy groups -OCH3 is 1. The van der Waals surface area contributed by atoms with Crippen LogP contribution in [-0.4, -0.2) is 84.7 Å². The third-order valence-electron chi connectivity index (χ3n) is 11.8. The minimum atomic E-state index is -4.36. The normalized spacial score (nSPS) is 30.0. The molecule has 0 unspecified atom stereocenters. The number of esters is 1. The van der Waals surface area contributed by atoms with Crippen LogP contribution in [0.3, 0.4) is 0 Å². The van der Waals surface area contributed by atoms with Crippen LogP contribution in [0.5, 0.6) is 11.8 Å². The van der Waals surface area contributed by atoms with Crippen LogP contribution in [0.4, 0.5) is 8.78 Å². The van der Waals surface area contributed by atoms with Gasteiger partial charge in [-0.15, -0.1) is 0 Å². The number of hydrogen-bond donors (Lipinski definition) is 1. The monoisotopic (exact) mass is 801 g/mol. The molecule has 3 fully saturated rings. The number of allylic oxidation sites excluding steroid dienone is 2. The second kappa shape index (κ2) is 15.7. The highest BCUT2D eigenvalue weighted by Gasteiger charge is 2.63. The molecule has 0 bridgehead atoms. The fourth-order valence-corrected chi connectivity index (χ4v) is 9.77. The number of ether oxygens (including phenoxy) is 3. The first-order valence-corrected chi connectivity index (χ1v) is 20.9. The SMILES string of the molecule is COc1cc2cc(F)ccc2c(O[C@@H]2C[C@H]3C(=O)C[C@]4(C(=O)NS(=O)(=O)C5(CF)CC5)C[C@H]4/C=C\CC[C@@H](C)C[C@@H](C)[C@H](CC(=O)OC(C)(C)C)C(=O)N3C2)n1. The molecule has 3 heterocycles. The van der Waals surface area contributed by atoms with Crippen molar-refractivity contribution in [3.63, 3.8) is 0 Å². The van der Waals surface area contributed by atoms with E-state index in [1.165, 1.54) is 30.2 Å². The van der Waals surface area contributed by atoms with Gasteiger partial charge in [0.2, 0.25) is 33.6 Å². The highest BCUT2D eigenvalue weighted by molar-refractivity contribution is 7.91. The number of amides is 2. The summed E-state index contributed by atoms with van der Waals surface area (Å²) in [5.41, 5.74) is -2.22. The smallest absolute Gasteiger partial charge is 0.307 e. The van der Waals surface area contributed by atoms with Gasteiger partial charge >= 0.3 is 5.97 Å². The van der Waals surface area contributed by atoms with Crippen molar-refractivity contribution in [1.82, 2.24) is 14.6 Å². The molecule has 2 aliphatic heterocycles. The zero-order chi connectivity index (χ0) is 40.8. The van der Waals surface area contributed by atoms with E-state index in [4.69, 9.17) is 14.2 Å². The first-order valence-electron chi connectivity index (χ1n) is 19.5. The first-order chi connectivity index (χ1) is 26.3. The molecule has 15 heteroatoms. The molecule has 2 aromatic rings. The molecule has 1 N–H and O–H groups in total. The molecule has 2 amide bonds. The number of alkyl halides is 1. The molecule has 2 aliphatic carbocycles. The molecule has 0 spiro atoms. The largest absolute Gasteiger partial charge is 0.481 e. The molecular formula is C41H53F2N3O9S. The summed E-state index contributed by atoms with van der Waals surface area (Å²) in [4.78, 5) is 62.6. The van der Waals surface area contributed by atoms with E-state index in [1.54, 1.807) is 26.8 Å². The summed E-state index contributed by atoms with van der Waals surface area (Å²) in [6.45, 7) is 8.03. The third-order valence-corrected chi connectivity index (χ3v) is 14.0. The van der Waals surface area contributed by atoms with Crippen molar-refractivity contribution < 1.29 is 50.6 Å². The molecule has 7 atom stereocenters. The number of benzene rings is 1. The lowest BCUT2D eigenvalue weighted by molar-refractivity contribution is -0.160. The maximum absolute atomic E-state index is 14.8. The second-order valence-corrected chi connectivity index (χ2v) is 19.5. The number of halogens is 2. The molecule has 1 aromatic carbocycles. The van der Waals surface area contributed by atoms with Gasteiger partial charge in [-0.05, 0) is 101 Å². The van der Waals surface area contributed by atoms with Gasteiger partial charge in [0.15, 0.2) is 5.78 Å². The molecule has 1 aromatic heterocycles. The van der Waals surface area contributed by atoms with E-state index in [0.717, 1.165) is 6.42 Å². The zero-order valence-corrected chi connectivity index (χ0v) is 33.8. The number of carbonyl (C=O) groups is 4. The maximum atomic E-state index is 14.8. The summed E-state index contributed by atoms with van der Waals surface area (Å²) in [5.74, 6) is -3.98. The number of fused-ring (bicyclic) bond motifs is 3. The van der Waals surface area contributed by atoms with E-state index in [2.05, 4.69) is 16.6 Å². The van der Waals surface area contributed by atoms with Crippen LogP contribution in [0.25, 0.3) is 10.8 Å². The van der Waals surface area contributed by atoms with Crippen molar-refractivity contribution in [2.75, 3.05) is 20.3 Å². The van der Waals surface area contributed by atoms with Gasteiger partial charge in [-0.25, -0.2) is 17.2 Å². The number of nitrogens with one attached hydrogen (secondary N) is 1. The van der Waals surface area contributed by atoms with E-state index in [1.807, 2.05) is 19.1 Å². The molecule has 1 saturated heterocycles. The number of carbonyl (C=O) groups excluding carboxylic acids is 4. The van der Waals surface area contributed by atoms with Gasteiger partial charge in [-0.3, -0.25) is 23.9 Å². The Morgan fingerprint density at radius 3 is 2.50 bits per heavy atom. The van der Waals surface area contributed by atoms with Gasteiger partial charge in [-0.1, -0.05) is 26.0 Å². The molecular weight excluding hydrogens is 749 g/mol. The van der Waals surface area contributed by atoms with E-state index >= 15 is 0 Å². The number of nitrogens with zero attached hydrogens (tertiary/aromatic N) is 2. The summed E-state index contributed by atoms with van der Waals surface area (Å²) >= 11 is 0. The Bertz CT molecular complexity index is 2010. The van der Waals surface area contributed by atoms with Crippen LogP contribution in [0.2, 0.25) is 0 Å². The molecule has 4 aliphatic rings. The van der Waals surface area contributed by atoms with Crippen molar-refractivity contribution in [2.24, 2.45) is 29.1 Å². The summed E-state index contributed by atoms with van der Waals surface area (Å²) in [5, 5.41) is 0.939. The van der Waals surface area contributed by atoms with Crippen molar-refractivity contribution in [3.05, 3.63) is 42.2 Å². The van der Waals surface area contributed by atoms with Crippen LogP contribution < -0.4 is 14.2 Å². The van der Waals surface area contributed by atoms with Crippen molar-refractivity contribution in [2.45, 2.75) is 115 Å². The Hall–Kier alpha value is -4.14. The summed E-state index contributed by atoms with van der Waals surface area (Å²) in [6, 6.07) is 4.55. The summed E-state index contributed by atoms with van der Waals surface area (Å²) in [6.07, 6.45) is 4.79. The lowest BCUT2D eigenvalue weighted by atomic mass is 9.82. The van der Waals surface area contributed by atoms with Crippen LogP contribution in [0, 0.1) is 34.9 Å². The van der Waals surface area contributed by atoms with Gasteiger partial charge in [0.05, 0.1) is 37.5 Å². The lowest BCUT2D eigenvalue weighted by Gasteiger charge is -2.32. The Morgan fingerprint density at radius 1 is 1.11 bits per heavy atom. The Kier molecular flexibility index (Phi) is 11.6. The van der Waals surface area contributed by atoms with Crippen molar-refractivity contribution >= 4 is 44.4 Å². The van der Waals surface area contributed by atoms with Crippen LogP contribution in [-0.2, 0) is 33.9 Å². The number of sulfonamides is 1. The number of rotatable bonds is 9. The lowest BCUT2D eigenvalue weighted by Crippen LogP contribution is -2.48. The molecule has 56 heavy (non-hydrogen) atoms. The summed E-state index contributed by atoms with van der Waals surface area (Å²) < 4.78 is 72.4. The standard InChI is InChI=1S/C41H53F2N3O9S/c1-24-9-7-8-10-27-20-41(27,38(50)45-56(51,52)40(23-42)13-14-40)21-33(47)32-18-29(54-36-30-12-11-28(43)16-26(30)17-34(44-36)53-6)22-46(32)37(49)31(25(2)15-24)19-35(48)55-39(3,4)5/h8,10-12,16-17,24-25,27,29,31-32H,7,9,13-15,18-23H2,1-6H3,(H,45,50)/b10-8-/t24-,25-,27-,29-,31+,32+,41-/m1/s1. The number of pyridine rings is 1. The van der Waals surface area contributed by atoms with E-state index < -0.39 is 85.8 Å². The molecule has 2 saturated carbocycles. The van der Waals surface area contributed by atoms with Gasteiger partial charge in [0.1, 0.15) is 28.9 Å².